The highest BCUT2D eigenvalue weighted by atomic mass is 32.2. The summed E-state index contributed by atoms with van der Waals surface area (Å²) in [5, 5.41) is 18.9. The lowest BCUT2D eigenvalue weighted by Crippen LogP contribution is -2.48. The lowest BCUT2D eigenvalue weighted by atomic mass is 10.1. The number of hydrogen-bond acceptors (Lipinski definition) is 4. The second-order valence-corrected chi connectivity index (χ2v) is 6.54. The third-order valence-electron chi connectivity index (χ3n) is 3.17. The summed E-state index contributed by atoms with van der Waals surface area (Å²) in [4.78, 5) is 0.219. The average Bonchev–Trinajstić information content (AvgIpc) is 2.33. The lowest BCUT2D eigenvalue weighted by Gasteiger charge is -2.32. The number of benzene rings is 1. The van der Waals surface area contributed by atoms with Gasteiger partial charge in [0.05, 0.1) is 17.1 Å². The maximum Gasteiger partial charge on any atom is 0.243 e. The molecule has 0 aromatic heterocycles. The summed E-state index contributed by atoms with van der Waals surface area (Å²) in [6.07, 6.45) is -1.60. The molecule has 100 valence electrons. The molecule has 2 rings (SSSR count). The van der Waals surface area contributed by atoms with Gasteiger partial charge in [-0.15, -0.1) is 0 Å². The van der Waals surface area contributed by atoms with Gasteiger partial charge in [-0.05, 0) is 25.5 Å². The highest BCUT2D eigenvalue weighted by molar-refractivity contribution is 7.89. The molecular weight excluding hydrogens is 254 g/mol. The topological polar surface area (TPSA) is 77.8 Å². The number of piperidine rings is 1. The minimum Gasteiger partial charge on any atom is -0.390 e. The van der Waals surface area contributed by atoms with Crippen LogP contribution in [0.2, 0.25) is 0 Å². The van der Waals surface area contributed by atoms with Crippen molar-refractivity contribution in [3.8, 4) is 0 Å². The Labute approximate surface area is 107 Å². The van der Waals surface area contributed by atoms with Gasteiger partial charge in [0, 0.05) is 13.1 Å². The molecule has 0 spiro atoms. The highest BCUT2D eigenvalue weighted by Gasteiger charge is 2.33. The molecule has 1 aliphatic rings. The molecular formula is C12H17NO4S. The second kappa shape index (κ2) is 4.97. The Hall–Kier alpha value is -0.950. The zero-order valence-corrected chi connectivity index (χ0v) is 11.0. The van der Waals surface area contributed by atoms with Crippen LogP contribution in [0.4, 0.5) is 0 Å². The smallest absolute Gasteiger partial charge is 0.243 e. The lowest BCUT2D eigenvalue weighted by molar-refractivity contribution is -0.0191. The third-order valence-corrected chi connectivity index (χ3v) is 5.05. The Bertz CT molecular complexity index is 511. The van der Waals surface area contributed by atoms with E-state index in [1.165, 1.54) is 4.31 Å². The minimum absolute atomic E-state index is 0.0582. The van der Waals surface area contributed by atoms with Crippen LogP contribution in [0.3, 0.4) is 0 Å². The highest BCUT2D eigenvalue weighted by Crippen LogP contribution is 2.21. The predicted molar refractivity (Wildman–Crippen MR) is 66.6 cm³/mol. The van der Waals surface area contributed by atoms with Gasteiger partial charge in [0.2, 0.25) is 10.0 Å². The van der Waals surface area contributed by atoms with E-state index in [0.29, 0.717) is 0 Å². The molecule has 0 aliphatic carbocycles. The van der Waals surface area contributed by atoms with E-state index in [1.54, 1.807) is 24.3 Å². The molecule has 5 nitrogen and oxygen atoms in total. The zero-order valence-electron chi connectivity index (χ0n) is 10.2. The van der Waals surface area contributed by atoms with Crippen LogP contribution < -0.4 is 0 Å². The van der Waals surface area contributed by atoms with E-state index in [1.807, 2.05) is 6.92 Å². The minimum atomic E-state index is -3.57. The maximum absolute atomic E-state index is 12.3. The molecule has 2 N–H and O–H groups in total. The Morgan fingerprint density at radius 1 is 1.17 bits per heavy atom. The number of aliphatic hydroxyl groups excluding tert-OH is 2. The van der Waals surface area contributed by atoms with E-state index < -0.39 is 22.2 Å². The molecule has 0 amide bonds. The van der Waals surface area contributed by atoms with Gasteiger partial charge in [-0.1, -0.05) is 17.7 Å². The van der Waals surface area contributed by atoms with Crippen molar-refractivity contribution in [1.82, 2.24) is 4.31 Å². The molecule has 1 aromatic carbocycles. The number of rotatable bonds is 2. The summed E-state index contributed by atoms with van der Waals surface area (Å²) in [6, 6.07) is 6.59. The molecule has 2 atom stereocenters. The molecule has 1 aromatic rings. The fraction of sp³-hybridized carbons (Fsp3) is 0.500. The predicted octanol–water partition coefficient (Wildman–Crippen LogP) is 0.111. The quantitative estimate of drug-likeness (QED) is 0.800. The molecule has 18 heavy (non-hydrogen) atoms. The molecule has 1 fully saturated rings. The van der Waals surface area contributed by atoms with Gasteiger partial charge in [0.25, 0.3) is 0 Å². The van der Waals surface area contributed by atoms with Crippen LogP contribution in [0.25, 0.3) is 0 Å². The molecule has 1 heterocycles. The maximum atomic E-state index is 12.3. The largest absolute Gasteiger partial charge is 0.390 e. The summed E-state index contributed by atoms with van der Waals surface area (Å²) in [7, 11) is -3.57. The van der Waals surface area contributed by atoms with Crippen LogP contribution >= 0.6 is 0 Å². The van der Waals surface area contributed by atoms with Crippen molar-refractivity contribution < 1.29 is 18.6 Å². The normalized spacial score (nSPS) is 26.2. The monoisotopic (exact) mass is 271 g/mol. The zero-order chi connectivity index (χ0) is 13.3. The van der Waals surface area contributed by atoms with E-state index in [4.69, 9.17) is 0 Å². The number of β-amino-alcohol motifs (C(OH)–C–C–N with tert-alkyl or cyclic N) is 1. The standard InChI is InChI=1S/C12H17NO4S/c1-9-2-4-10(5-3-9)18(16,17)13-7-6-11(14)12(15)8-13/h2-5,11-12,14-15H,6-8H2,1H3/t11-,12+/m1/s1. The van der Waals surface area contributed by atoms with Gasteiger partial charge < -0.3 is 10.2 Å². The molecule has 1 aliphatic heterocycles. The van der Waals surface area contributed by atoms with Gasteiger partial charge in [0.15, 0.2) is 0 Å². The average molecular weight is 271 g/mol. The molecule has 1 saturated heterocycles. The van der Waals surface area contributed by atoms with Crippen LogP contribution in [-0.2, 0) is 10.0 Å². The van der Waals surface area contributed by atoms with Crippen LogP contribution in [0.1, 0.15) is 12.0 Å². The van der Waals surface area contributed by atoms with Gasteiger partial charge in [-0.2, -0.15) is 4.31 Å². The summed E-state index contributed by atoms with van der Waals surface area (Å²) in [5.41, 5.74) is 0.989. The number of nitrogens with zero attached hydrogens (tertiary/aromatic N) is 1. The molecule has 0 unspecified atom stereocenters. The van der Waals surface area contributed by atoms with E-state index >= 15 is 0 Å². The van der Waals surface area contributed by atoms with Crippen LogP contribution in [-0.4, -0.2) is 48.2 Å². The number of hydrogen-bond donors (Lipinski definition) is 2. The summed E-state index contributed by atoms with van der Waals surface area (Å²) in [6.45, 7) is 2.06. The van der Waals surface area contributed by atoms with Crippen molar-refractivity contribution in [2.24, 2.45) is 0 Å². The molecule has 6 heteroatoms. The van der Waals surface area contributed by atoms with Gasteiger partial charge in [-0.3, -0.25) is 0 Å². The van der Waals surface area contributed by atoms with Crippen molar-refractivity contribution in [2.45, 2.75) is 30.4 Å². The fourth-order valence-electron chi connectivity index (χ4n) is 1.97. The van der Waals surface area contributed by atoms with E-state index in [2.05, 4.69) is 0 Å². The van der Waals surface area contributed by atoms with Crippen LogP contribution in [0.5, 0.6) is 0 Å². The van der Waals surface area contributed by atoms with Gasteiger partial charge in [0.1, 0.15) is 0 Å². The molecule has 0 bridgehead atoms. The van der Waals surface area contributed by atoms with Crippen LogP contribution in [0, 0.1) is 6.92 Å². The van der Waals surface area contributed by atoms with Gasteiger partial charge >= 0.3 is 0 Å². The first-order chi connectivity index (χ1) is 8.41. The van der Waals surface area contributed by atoms with E-state index in [-0.39, 0.29) is 24.4 Å². The van der Waals surface area contributed by atoms with Crippen molar-refractivity contribution in [1.29, 1.82) is 0 Å². The Kier molecular flexibility index (Phi) is 3.72. The van der Waals surface area contributed by atoms with Crippen molar-refractivity contribution >= 4 is 10.0 Å². The number of aryl methyl sites for hydroxylation is 1. The Balaban J connectivity index is 2.24. The first-order valence-electron chi connectivity index (χ1n) is 5.84. The van der Waals surface area contributed by atoms with Crippen molar-refractivity contribution in [2.75, 3.05) is 13.1 Å². The first kappa shape index (κ1) is 13.5. The first-order valence-corrected chi connectivity index (χ1v) is 7.28. The molecule has 0 saturated carbocycles. The summed E-state index contributed by atoms with van der Waals surface area (Å²) < 4.78 is 25.8. The Morgan fingerprint density at radius 3 is 2.33 bits per heavy atom. The van der Waals surface area contributed by atoms with Gasteiger partial charge in [-0.25, -0.2) is 8.42 Å². The molecule has 0 radical (unpaired) electrons. The second-order valence-electron chi connectivity index (χ2n) is 4.60. The third kappa shape index (κ3) is 2.56. The summed E-state index contributed by atoms with van der Waals surface area (Å²) in [5.74, 6) is 0. The van der Waals surface area contributed by atoms with Crippen LogP contribution in [0.15, 0.2) is 29.2 Å². The van der Waals surface area contributed by atoms with E-state index in [0.717, 1.165) is 5.56 Å². The SMILES string of the molecule is Cc1ccc(S(=O)(=O)N2CC[C@@H](O)[C@@H](O)C2)cc1. The van der Waals surface area contributed by atoms with E-state index in [9.17, 15) is 18.6 Å². The number of aliphatic hydroxyl groups is 2. The Morgan fingerprint density at radius 2 is 1.78 bits per heavy atom. The van der Waals surface area contributed by atoms with Crippen molar-refractivity contribution in [3.05, 3.63) is 29.8 Å². The van der Waals surface area contributed by atoms with Crippen molar-refractivity contribution in [3.63, 3.8) is 0 Å². The summed E-state index contributed by atoms with van der Waals surface area (Å²) >= 11 is 0. The fourth-order valence-corrected chi connectivity index (χ4v) is 3.44. The number of sulfonamides is 1.